The van der Waals surface area contributed by atoms with Gasteiger partial charge in [-0.25, -0.2) is 23.1 Å². The molecule has 11 heteroatoms. The first-order valence-electron chi connectivity index (χ1n) is 10.0. The third-order valence-corrected chi connectivity index (χ3v) is 4.50. The molecule has 0 bridgehead atoms. The highest BCUT2D eigenvalue weighted by Gasteiger charge is 2.36. The number of carbonyl (C=O) groups is 2. The molecule has 0 aliphatic carbocycles. The number of nitrogens with zero attached hydrogens (tertiary/aromatic N) is 2. The van der Waals surface area contributed by atoms with Gasteiger partial charge in [0.05, 0.1) is 0 Å². The number of anilines is 1. The van der Waals surface area contributed by atoms with Crippen molar-refractivity contribution in [2.24, 2.45) is 0 Å². The topological polar surface area (TPSA) is 113 Å². The number of ether oxygens (including phenoxy) is 1. The van der Waals surface area contributed by atoms with E-state index in [9.17, 15) is 27.9 Å². The minimum absolute atomic E-state index is 0.0200. The van der Waals surface area contributed by atoms with E-state index in [1.54, 1.807) is 19.9 Å². The van der Waals surface area contributed by atoms with Crippen LogP contribution in [0.3, 0.4) is 0 Å². The Bertz CT molecular complexity index is 1020. The largest absolute Gasteiger partial charge is 0.474 e. The summed E-state index contributed by atoms with van der Waals surface area (Å²) in [7, 11) is 0. The van der Waals surface area contributed by atoms with Crippen LogP contribution in [0.15, 0.2) is 24.4 Å². The molecule has 1 unspecified atom stereocenters. The SMILES string of the molecule is Cc1cc(C(=O)NCc2cnc(OCC(C)(F)C(F)F)c(C)c2)cc(NC(=O)C(C)(C)O)n1. The normalized spacial score (nSPS) is 13.4. The van der Waals surface area contributed by atoms with Crippen molar-refractivity contribution in [2.45, 2.75) is 58.9 Å². The fourth-order valence-electron chi connectivity index (χ4n) is 2.56. The summed E-state index contributed by atoms with van der Waals surface area (Å²) in [4.78, 5) is 32.7. The second-order valence-electron chi connectivity index (χ2n) is 8.41. The number of carbonyl (C=O) groups excluding carboxylic acids is 2. The van der Waals surface area contributed by atoms with Crippen molar-refractivity contribution in [2.75, 3.05) is 11.9 Å². The van der Waals surface area contributed by atoms with Gasteiger partial charge in [0.15, 0.2) is 0 Å². The highest BCUT2D eigenvalue weighted by molar-refractivity contribution is 5.98. The molecule has 2 heterocycles. The van der Waals surface area contributed by atoms with Gasteiger partial charge < -0.3 is 20.5 Å². The summed E-state index contributed by atoms with van der Waals surface area (Å²) in [6.07, 6.45) is -1.80. The Balaban J connectivity index is 2.03. The predicted molar refractivity (Wildman–Crippen MR) is 115 cm³/mol. The molecule has 0 saturated carbocycles. The maximum atomic E-state index is 13.7. The third kappa shape index (κ3) is 7.41. The van der Waals surface area contributed by atoms with Crippen molar-refractivity contribution in [1.29, 1.82) is 0 Å². The van der Waals surface area contributed by atoms with E-state index in [1.807, 2.05) is 0 Å². The zero-order chi connectivity index (χ0) is 25.0. The molecule has 2 rings (SSSR count). The Kier molecular flexibility index (Phi) is 8.02. The Morgan fingerprint density at radius 3 is 2.42 bits per heavy atom. The van der Waals surface area contributed by atoms with E-state index in [1.165, 1.54) is 32.2 Å². The van der Waals surface area contributed by atoms with Crippen LogP contribution in [0.25, 0.3) is 0 Å². The highest BCUT2D eigenvalue weighted by Crippen LogP contribution is 2.23. The molecule has 0 aromatic carbocycles. The number of alkyl halides is 3. The summed E-state index contributed by atoms with van der Waals surface area (Å²) in [6, 6.07) is 4.54. The van der Waals surface area contributed by atoms with Gasteiger partial charge in [-0.15, -0.1) is 0 Å². The molecule has 2 amide bonds. The first kappa shape index (κ1) is 26.0. The second-order valence-corrected chi connectivity index (χ2v) is 8.41. The summed E-state index contributed by atoms with van der Waals surface area (Å²) in [5, 5.41) is 14.9. The van der Waals surface area contributed by atoms with E-state index < -0.39 is 36.1 Å². The molecule has 180 valence electrons. The van der Waals surface area contributed by atoms with E-state index in [0.29, 0.717) is 16.8 Å². The molecule has 1 atom stereocenters. The number of pyridine rings is 2. The molecule has 0 fully saturated rings. The molecule has 0 aliphatic heterocycles. The first-order valence-corrected chi connectivity index (χ1v) is 10.0. The minimum atomic E-state index is -3.19. The number of aromatic nitrogens is 2. The average molecular weight is 468 g/mol. The van der Waals surface area contributed by atoms with Gasteiger partial charge in [-0.3, -0.25) is 9.59 Å². The lowest BCUT2D eigenvalue weighted by Crippen LogP contribution is -2.37. The standard InChI is InChI=1S/C22H27F3N4O4/c1-12-6-14(10-27-18(12)33-11-22(5,25)19(23)24)9-26-17(30)15-7-13(2)28-16(8-15)29-20(31)21(3,4)32/h6-8,10,19,32H,9,11H2,1-5H3,(H,26,30)(H,28,29,31). The molecule has 3 N–H and O–H groups in total. The first-order chi connectivity index (χ1) is 15.2. The van der Waals surface area contributed by atoms with Crippen LogP contribution in [0, 0.1) is 13.8 Å². The quantitative estimate of drug-likeness (QED) is 0.521. The molecule has 0 spiro atoms. The second kappa shape index (κ2) is 10.2. The minimum Gasteiger partial charge on any atom is -0.474 e. The number of aryl methyl sites for hydroxylation is 2. The summed E-state index contributed by atoms with van der Waals surface area (Å²) in [6.45, 7) is 5.92. The van der Waals surface area contributed by atoms with Gasteiger partial charge in [-0.2, -0.15) is 0 Å². The number of nitrogens with one attached hydrogen (secondary N) is 2. The van der Waals surface area contributed by atoms with E-state index in [-0.39, 0.29) is 23.8 Å². The zero-order valence-electron chi connectivity index (χ0n) is 19.0. The van der Waals surface area contributed by atoms with Gasteiger partial charge in [0.2, 0.25) is 11.5 Å². The molecule has 0 saturated heterocycles. The van der Waals surface area contributed by atoms with Crippen molar-refractivity contribution in [3.05, 3.63) is 46.8 Å². The summed E-state index contributed by atoms with van der Waals surface area (Å²) in [5.41, 5.74) is -2.59. The van der Waals surface area contributed by atoms with Crippen molar-refractivity contribution in [3.8, 4) is 5.88 Å². The molecular formula is C22H27F3N4O4. The monoisotopic (exact) mass is 468 g/mol. The predicted octanol–water partition coefficient (Wildman–Crippen LogP) is 3.10. The van der Waals surface area contributed by atoms with E-state index in [2.05, 4.69) is 20.6 Å². The van der Waals surface area contributed by atoms with Gasteiger partial charge in [-0.1, -0.05) is 0 Å². The molecule has 2 aromatic heterocycles. The van der Waals surface area contributed by atoms with Crippen LogP contribution in [0.4, 0.5) is 19.0 Å². The number of amides is 2. The van der Waals surface area contributed by atoms with Crippen LogP contribution in [0.2, 0.25) is 0 Å². The lowest BCUT2D eigenvalue weighted by atomic mass is 10.1. The van der Waals surface area contributed by atoms with Gasteiger partial charge in [0, 0.05) is 29.6 Å². The lowest BCUT2D eigenvalue weighted by molar-refractivity contribution is -0.130. The van der Waals surface area contributed by atoms with E-state index in [0.717, 1.165) is 6.92 Å². The number of rotatable bonds is 9. The molecular weight excluding hydrogens is 441 g/mol. The highest BCUT2D eigenvalue weighted by atomic mass is 19.3. The molecule has 0 aliphatic rings. The Morgan fingerprint density at radius 2 is 1.85 bits per heavy atom. The van der Waals surface area contributed by atoms with Crippen molar-refractivity contribution < 1.29 is 32.6 Å². The molecule has 8 nitrogen and oxygen atoms in total. The Morgan fingerprint density at radius 1 is 1.18 bits per heavy atom. The summed E-state index contributed by atoms with van der Waals surface area (Å²) >= 11 is 0. The molecule has 0 radical (unpaired) electrons. The van der Waals surface area contributed by atoms with Gasteiger partial charge >= 0.3 is 0 Å². The van der Waals surface area contributed by atoms with Crippen LogP contribution < -0.4 is 15.4 Å². The van der Waals surface area contributed by atoms with E-state index >= 15 is 0 Å². The average Bonchev–Trinajstić information content (AvgIpc) is 2.70. The number of aliphatic hydroxyl groups is 1. The summed E-state index contributed by atoms with van der Waals surface area (Å²) in [5.74, 6) is -0.971. The third-order valence-electron chi connectivity index (χ3n) is 4.50. The van der Waals surface area contributed by atoms with Crippen molar-refractivity contribution in [3.63, 3.8) is 0 Å². The Hall–Kier alpha value is -3.21. The molecule has 33 heavy (non-hydrogen) atoms. The van der Waals surface area contributed by atoms with Crippen LogP contribution in [0.5, 0.6) is 5.88 Å². The maximum Gasteiger partial charge on any atom is 0.275 e. The van der Waals surface area contributed by atoms with Crippen molar-refractivity contribution >= 4 is 17.6 Å². The maximum absolute atomic E-state index is 13.7. The van der Waals surface area contributed by atoms with Crippen LogP contribution in [-0.2, 0) is 11.3 Å². The number of halogens is 3. The van der Waals surface area contributed by atoms with Gasteiger partial charge in [-0.05, 0) is 58.4 Å². The lowest BCUT2D eigenvalue weighted by Gasteiger charge is -2.20. The van der Waals surface area contributed by atoms with Gasteiger partial charge in [0.1, 0.15) is 18.0 Å². The fourth-order valence-corrected chi connectivity index (χ4v) is 2.56. The Labute approximate surface area is 189 Å². The van der Waals surface area contributed by atoms with Crippen LogP contribution in [0.1, 0.15) is 48.0 Å². The van der Waals surface area contributed by atoms with E-state index in [4.69, 9.17) is 4.74 Å². The van der Waals surface area contributed by atoms with Crippen molar-refractivity contribution in [1.82, 2.24) is 15.3 Å². The molecule has 2 aromatic rings. The summed E-state index contributed by atoms with van der Waals surface area (Å²) < 4.78 is 44.0. The fraction of sp³-hybridized carbons (Fsp3) is 0.455. The number of hydrogen-bond acceptors (Lipinski definition) is 6. The number of hydrogen-bond donors (Lipinski definition) is 3. The van der Waals surface area contributed by atoms with Crippen LogP contribution >= 0.6 is 0 Å². The van der Waals surface area contributed by atoms with Gasteiger partial charge in [0.25, 0.3) is 18.2 Å². The zero-order valence-corrected chi connectivity index (χ0v) is 19.0. The van der Waals surface area contributed by atoms with Crippen LogP contribution in [-0.4, -0.2) is 51.2 Å². The smallest absolute Gasteiger partial charge is 0.275 e.